The largest absolute Gasteiger partial charge is 0.346 e. The van der Waals surface area contributed by atoms with Gasteiger partial charge >= 0.3 is 0 Å². The second kappa shape index (κ2) is 11.2. The molecule has 36 heavy (non-hydrogen) atoms. The molecule has 0 atom stereocenters. The zero-order chi connectivity index (χ0) is 25.5. The van der Waals surface area contributed by atoms with E-state index < -0.39 is 5.91 Å². The second-order valence-electron chi connectivity index (χ2n) is 7.58. The van der Waals surface area contributed by atoms with E-state index in [9.17, 15) is 9.59 Å². The number of aromatic nitrogens is 4. The van der Waals surface area contributed by atoms with E-state index in [2.05, 4.69) is 43.7 Å². The molecular formula is C27H24N6O2S. The van der Waals surface area contributed by atoms with E-state index in [1.54, 1.807) is 30.5 Å². The van der Waals surface area contributed by atoms with E-state index in [1.165, 1.54) is 17.4 Å². The summed E-state index contributed by atoms with van der Waals surface area (Å²) >= 11 is 1.49. The molecule has 0 fully saturated rings. The third-order valence-electron chi connectivity index (χ3n) is 5.06. The van der Waals surface area contributed by atoms with Gasteiger partial charge in [-0.1, -0.05) is 49.6 Å². The van der Waals surface area contributed by atoms with Gasteiger partial charge < -0.3 is 10.3 Å². The Labute approximate surface area is 211 Å². The number of pyridine rings is 1. The molecule has 0 aliphatic heterocycles. The van der Waals surface area contributed by atoms with Crippen LogP contribution in [0.25, 0.3) is 35.1 Å². The van der Waals surface area contributed by atoms with Crippen LogP contribution in [0.3, 0.4) is 0 Å². The number of nitrogens with one attached hydrogen (secondary N) is 3. The molecule has 180 valence electrons. The number of anilines is 1. The van der Waals surface area contributed by atoms with Crippen molar-refractivity contribution in [1.29, 1.82) is 0 Å². The molecule has 0 radical (unpaired) electrons. The van der Waals surface area contributed by atoms with Gasteiger partial charge in [-0.3, -0.25) is 19.9 Å². The zero-order valence-electron chi connectivity index (χ0n) is 19.6. The predicted octanol–water partition coefficient (Wildman–Crippen LogP) is 3.41. The van der Waals surface area contributed by atoms with Crippen LogP contribution in [-0.4, -0.2) is 31.8 Å². The van der Waals surface area contributed by atoms with E-state index in [1.807, 2.05) is 43.3 Å². The summed E-state index contributed by atoms with van der Waals surface area (Å²) < 4.78 is 0. The third kappa shape index (κ3) is 5.70. The summed E-state index contributed by atoms with van der Waals surface area (Å²) in [7, 11) is 0. The molecule has 0 spiro atoms. The molecule has 8 nitrogen and oxygen atoms in total. The van der Waals surface area contributed by atoms with Crippen molar-refractivity contribution >= 4 is 64.2 Å². The van der Waals surface area contributed by atoms with Crippen LogP contribution < -0.4 is 21.3 Å². The number of carbonyl (C=O) groups excluding carboxylic acids is 2. The Hall–Kier alpha value is -4.63. The molecular weight excluding hydrogens is 472 g/mol. The molecule has 9 heteroatoms. The number of aromatic amines is 1. The number of nitrogens with zero attached hydrogens (tertiary/aromatic N) is 3. The van der Waals surface area contributed by atoms with Crippen molar-refractivity contribution in [1.82, 2.24) is 25.3 Å². The van der Waals surface area contributed by atoms with Crippen LogP contribution in [-0.2, 0) is 11.3 Å². The Morgan fingerprint density at radius 2 is 1.97 bits per heavy atom. The van der Waals surface area contributed by atoms with Gasteiger partial charge in [0.2, 0.25) is 11.9 Å². The van der Waals surface area contributed by atoms with Crippen LogP contribution in [0.1, 0.15) is 33.0 Å². The van der Waals surface area contributed by atoms with Gasteiger partial charge in [-0.25, -0.2) is 9.97 Å². The second-order valence-corrected chi connectivity index (χ2v) is 8.70. The van der Waals surface area contributed by atoms with Gasteiger partial charge in [-0.15, -0.1) is 11.3 Å². The lowest BCUT2D eigenvalue weighted by molar-refractivity contribution is -0.115. The van der Waals surface area contributed by atoms with Gasteiger partial charge in [0, 0.05) is 17.7 Å². The smallest absolute Gasteiger partial charge is 0.276 e. The Kier molecular flexibility index (Phi) is 7.62. The first kappa shape index (κ1) is 24.5. The Morgan fingerprint density at radius 3 is 2.72 bits per heavy atom. The maximum absolute atomic E-state index is 12.7. The summed E-state index contributed by atoms with van der Waals surface area (Å²) in [5, 5.41) is 9.02. The molecule has 0 aliphatic carbocycles. The number of benzene rings is 1. The number of rotatable bonds is 8. The zero-order valence-corrected chi connectivity index (χ0v) is 20.4. The topological polar surface area (TPSA) is 113 Å². The number of H-pyrrole nitrogens is 1. The Morgan fingerprint density at radius 1 is 1.17 bits per heavy atom. The molecule has 0 saturated carbocycles. The van der Waals surface area contributed by atoms with Crippen LogP contribution >= 0.6 is 11.3 Å². The van der Waals surface area contributed by atoms with Crippen molar-refractivity contribution < 1.29 is 9.59 Å². The highest BCUT2D eigenvalue weighted by molar-refractivity contribution is 7.12. The van der Waals surface area contributed by atoms with E-state index in [0.29, 0.717) is 10.7 Å². The van der Waals surface area contributed by atoms with Crippen molar-refractivity contribution in [2.45, 2.75) is 13.5 Å². The van der Waals surface area contributed by atoms with Crippen LogP contribution in [0, 0.1) is 0 Å². The number of carbonyl (C=O) groups is 2. The van der Waals surface area contributed by atoms with Crippen LogP contribution in [0.2, 0.25) is 0 Å². The van der Waals surface area contributed by atoms with Gasteiger partial charge in [0.05, 0.1) is 27.8 Å². The number of thiazole rings is 1. The normalized spacial score (nSPS) is 12.2. The van der Waals surface area contributed by atoms with Crippen molar-refractivity contribution in [2.75, 3.05) is 5.32 Å². The summed E-state index contributed by atoms with van der Waals surface area (Å²) in [6.45, 7) is 9.67. The first-order chi connectivity index (χ1) is 17.5. The minimum atomic E-state index is -0.422. The van der Waals surface area contributed by atoms with Crippen molar-refractivity contribution in [3.63, 3.8) is 0 Å². The van der Waals surface area contributed by atoms with E-state index >= 15 is 0 Å². The number of allylic oxidation sites excluding steroid dienone is 2. The monoisotopic (exact) mass is 496 g/mol. The van der Waals surface area contributed by atoms with Crippen molar-refractivity contribution in [3.8, 4) is 0 Å². The molecule has 1 aromatic carbocycles. The fraction of sp³-hybridized carbons (Fsp3) is 0.0741. The highest BCUT2D eigenvalue weighted by Crippen LogP contribution is 2.21. The fourth-order valence-corrected chi connectivity index (χ4v) is 4.40. The van der Waals surface area contributed by atoms with Crippen molar-refractivity contribution in [2.24, 2.45) is 0 Å². The minimum absolute atomic E-state index is 0.189. The Bertz CT molecular complexity index is 1610. The minimum Gasteiger partial charge on any atom is -0.346 e. The molecule has 4 rings (SSSR count). The number of hydrogen-bond acceptors (Lipinski definition) is 6. The molecule has 4 aromatic rings. The van der Waals surface area contributed by atoms with Gasteiger partial charge in [0.25, 0.3) is 5.91 Å². The highest BCUT2D eigenvalue weighted by Gasteiger charge is 2.11. The first-order valence-electron chi connectivity index (χ1n) is 11.1. The van der Waals surface area contributed by atoms with Gasteiger partial charge in [-0.05, 0) is 36.6 Å². The molecule has 0 bridgehead atoms. The number of imidazole rings is 1. The lowest BCUT2D eigenvalue weighted by Crippen LogP contribution is -2.29. The molecule has 3 heterocycles. The summed E-state index contributed by atoms with van der Waals surface area (Å²) in [5.74, 6) is -0.572. The standard InChI is InChI=1S/C27H24N6O2S/c1-4-9-20-21(14-24(34)29-16-25-30-19(6-3)23(36-25)10-5-2)32-27(31-20)33-26(35)22-13-17-11-7-8-12-18(17)15-28-22/h4-15H,1,3,16H2,2H3,(H,29,34)(H2,31,32,33,35)/b10-5-,20-9+,21-14-. The summed E-state index contributed by atoms with van der Waals surface area (Å²) in [6.07, 6.45) is 11.8. The molecule has 0 aliphatic rings. The molecule has 0 saturated heterocycles. The van der Waals surface area contributed by atoms with Crippen molar-refractivity contribution in [3.05, 3.63) is 93.8 Å². The maximum Gasteiger partial charge on any atom is 0.276 e. The quantitative estimate of drug-likeness (QED) is 0.346. The number of amides is 2. The summed E-state index contributed by atoms with van der Waals surface area (Å²) in [6, 6.07) is 9.36. The fourth-order valence-electron chi connectivity index (χ4n) is 3.42. The maximum atomic E-state index is 12.7. The molecule has 3 N–H and O–H groups in total. The van der Waals surface area contributed by atoms with Crippen LogP contribution in [0.4, 0.5) is 5.95 Å². The number of fused-ring (bicyclic) bond motifs is 1. The SMILES string of the molecule is C=C/C=c1/nc(NC(=O)c2cc3ccccc3cn2)[nH]/c1=C\C(=O)NCc1nc(C=C)c(/C=C\C)s1. The van der Waals surface area contributed by atoms with Crippen LogP contribution in [0.5, 0.6) is 0 Å². The number of hydrogen-bond donors (Lipinski definition) is 3. The van der Waals surface area contributed by atoms with Gasteiger partial charge in [0.1, 0.15) is 10.7 Å². The molecule has 2 amide bonds. The predicted molar refractivity (Wildman–Crippen MR) is 145 cm³/mol. The lowest BCUT2D eigenvalue weighted by Gasteiger charge is -2.03. The lowest BCUT2D eigenvalue weighted by atomic mass is 10.1. The molecule has 3 aromatic heterocycles. The average Bonchev–Trinajstić information content (AvgIpc) is 3.45. The van der Waals surface area contributed by atoms with Gasteiger partial charge in [0.15, 0.2) is 0 Å². The van der Waals surface area contributed by atoms with E-state index in [0.717, 1.165) is 26.4 Å². The Balaban J connectivity index is 1.51. The van der Waals surface area contributed by atoms with Gasteiger partial charge in [-0.2, -0.15) is 0 Å². The average molecular weight is 497 g/mol. The van der Waals surface area contributed by atoms with Crippen LogP contribution in [0.15, 0.2) is 61.8 Å². The summed E-state index contributed by atoms with van der Waals surface area (Å²) in [4.78, 5) is 42.4. The first-order valence-corrected chi connectivity index (χ1v) is 11.9. The van der Waals surface area contributed by atoms with E-state index in [-0.39, 0.29) is 24.1 Å². The van der Waals surface area contributed by atoms with E-state index in [4.69, 9.17) is 0 Å². The third-order valence-corrected chi connectivity index (χ3v) is 6.09. The molecule has 0 unspecified atom stereocenters. The highest BCUT2D eigenvalue weighted by atomic mass is 32.1. The summed E-state index contributed by atoms with van der Waals surface area (Å²) in [5.41, 5.74) is 1.03.